The molecule has 1 rings (SSSR count). The average Bonchev–Trinajstić information content (AvgIpc) is 2.64. The highest BCUT2D eigenvalue weighted by atomic mass is 16.4. The van der Waals surface area contributed by atoms with Crippen LogP contribution in [0.25, 0.3) is 0 Å². The van der Waals surface area contributed by atoms with Gasteiger partial charge in [-0.25, -0.2) is 19.2 Å². The first-order valence-electron chi connectivity index (χ1n) is 4.75. The minimum Gasteiger partial charge on any atom is -0.481 e. The molecule has 0 aliphatic heterocycles. The Bertz CT molecular complexity index is 572. The molecule has 5 N–H and O–H groups in total. The number of rotatable bonds is 5. The van der Waals surface area contributed by atoms with Crippen LogP contribution in [0.15, 0.2) is 22.3 Å². The molecule has 1 aliphatic carbocycles. The fraction of sp³-hybridized carbons (Fsp3) is 0.100. The maximum Gasteiger partial charge on any atom is 0.337 e. The van der Waals surface area contributed by atoms with Crippen LogP contribution in [-0.2, 0) is 24.0 Å². The smallest absolute Gasteiger partial charge is 0.337 e. The lowest BCUT2D eigenvalue weighted by molar-refractivity contribution is -0.144. The van der Waals surface area contributed by atoms with Gasteiger partial charge in [0.15, 0.2) is 0 Å². The summed E-state index contributed by atoms with van der Waals surface area (Å²) >= 11 is 0. The Morgan fingerprint density at radius 1 is 0.600 bits per heavy atom. The molecule has 106 valence electrons. The Balaban J connectivity index is 3.85. The van der Waals surface area contributed by atoms with E-state index in [-0.39, 0.29) is 0 Å². The standard InChI is InChI=1S/C10H6O10/c11-6(12)1-2(7(13)14)4(9(17)18)5(10(19)20)3(1)8(15)16/h1H,(H,11,12)(H,13,14)(H,15,16)(H,17,18)(H,19,20). The highest BCUT2D eigenvalue weighted by Gasteiger charge is 2.49. The second kappa shape index (κ2) is 4.84. The molecule has 0 unspecified atom stereocenters. The van der Waals surface area contributed by atoms with Gasteiger partial charge in [-0.05, 0) is 0 Å². The topological polar surface area (TPSA) is 186 Å². The van der Waals surface area contributed by atoms with Crippen LogP contribution in [0, 0.1) is 5.92 Å². The fourth-order valence-corrected chi connectivity index (χ4v) is 1.85. The van der Waals surface area contributed by atoms with Crippen LogP contribution in [-0.4, -0.2) is 55.4 Å². The number of carbonyl (C=O) groups is 5. The third kappa shape index (κ3) is 2.09. The highest BCUT2D eigenvalue weighted by Crippen LogP contribution is 2.38. The number of carboxylic acids is 5. The van der Waals surface area contributed by atoms with Gasteiger partial charge in [0.2, 0.25) is 0 Å². The van der Waals surface area contributed by atoms with E-state index < -0.39 is 58.1 Å². The third-order valence-corrected chi connectivity index (χ3v) is 2.50. The molecular weight excluding hydrogens is 280 g/mol. The zero-order chi connectivity index (χ0) is 15.8. The first-order valence-corrected chi connectivity index (χ1v) is 4.75. The Kier molecular flexibility index (Phi) is 3.60. The fourth-order valence-electron chi connectivity index (χ4n) is 1.85. The summed E-state index contributed by atoms with van der Waals surface area (Å²) in [4.78, 5) is 54.9. The predicted octanol–water partition coefficient (Wildman–Crippen LogP) is -1.37. The Morgan fingerprint density at radius 2 is 0.900 bits per heavy atom. The predicted molar refractivity (Wildman–Crippen MR) is 55.7 cm³/mol. The molecule has 0 aromatic carbocycles. The number of hydrogen-bond acceptors (Lipinski definition) is 5. The van der Waals surface area contributed by atoms with E-state index in [0.29, 0.717) is 0 Å². The Morgan fingerprint density at radius 3 is 1.05 bits per heavy atom. The van der Waals surface area contributed by atoms with Gasteiger partial charge >= 0.3 is 29.8 Å². The summed E-state index contributed by atoms with van der Waals surface area (Å²) in [7, 11) is 0. The van der Waals surface area contributed by atoms with Crippen molar-refractivity contribution in [2.24, 2.45) is 5.92 Å². The first-order chi connectivity index (χ1) is 9.11. The highest BCUT2D eigenvalue weighted by molar-refractivity contribution is 6.20. The molecule has 0 radical (unpaired) electrons. The number of carboxylic acid groups (broad SMARTS) is 5. The van der Waals surface area contributed by atoms with Crippen molar-refractivity contribution in [2.45, 2.75) is 0 Å². The summed E-state index contributed by atoms with van der Waals surface area (Å²) in [5.74, 6) is -12.5. The quantitative estimate of drug-likeness (QED) is 0.403. The SMILES string of the molecule is O=C(O)C1=C(C(=O)O)C(C(=O)O)C(C(=O)O)=C1C(=O)O. The zero-order valence-corrected chi connectivity index (χ0v) is 9.35. The van der Waals surface area contributed by atoms with Crippen LogP contribution in [0.4, 0.5) is 0 Å². The molecule has 0 saturated carbocycles. The molecule has 0 aromatic heterocycles. The maximum absolute atomic E-state index is 11.0. The van der Waals surface area contributed by atoms with E-state index in [0.717, 1.165) is 0 Å². The van der Waals surface area contributed by atoms with Gasteiger partial charge < -0.3 is 25.5 Å². The minimum atomic E-state index is -2.37. The summed E-state index contributed by atoms with van der Waals surface area (Å²) in [5, 5.41) is 44.3. The average molecular weight is 286 g/mol. The van der Waals surface area contributed by atoms with Crippen LogP contribution in [0.2, 0.25) is 0 Å². The van der Waals surface area contributed by atoms with Crippen molar-refractivity contribution in [3.8, 4) is 0 Å². The molecule has 10 nitrogen and oxygen atoms in total. The van der Waals surface area contributed by atoms with E-state index >= 15 is 0 Å². The first kappa shape index (κ1) is 14.9. The van der Waals surface area contributed by atoms with Crippen molar-refractivity contribution >= 4 is 29.8 Å². The van der Waals surface area contributed by atoms with Crippen molar-refractivity contribution < 1.29 is 49.5 Å². The van der Waals surface area contributed by atoms with Gasteiger partial charge in [0.25, 0.3) is 0 Å². The molecule has 20 heavy (non-hydrogen) atoms. The molecule has 10 heteroatoms. The molecule has 0 bridgehead atoms. The van der Waals surface area contributed by atoms with E-state index in [1.165, 1.54) is 0 Å². The van der Waals surface area contributed by atoms with Crippen molar-refractivity contribution in [3.05, 3.63) is 22.3 Å². The van der Waals surface area contributed by atoms with E-state index in [1.807, 2.05) is 0 Å². The van der Waals surface area contributed by atoms with E-state index in [2.05, 4.69) is 0 Å². The molecule has 0 atom stereocenters. The lowest BCUT2D eigenvalue weighted by Gasteiger charge is -2.08. The van der Waals surface area contributed by atoms with E-state index in [9.17, 15) is 24.0 Å². The molecule has 0 fully saturated rings. The summed E-state index contributed by atoms with van der Waals surface area (Å²) in [6, 6.07) is 0. The van der Waals surface area contributed by atoms with Gasteiger partial charge in [0, 0.05) is 0 Å². The minimum absolute atomic E-state index is 1.31. The normalized spacial score (nSPS) is 15.4. The lowest BCUT2D eigenvalue weighted by atomic mass is 9.95. The third-order valence-electron chi connectivity index (χ3n) is 2.50. The van der Waals surface area contributed by atoms with Crippen LogP contribution >= 0.6 is 0 Å². The molecule has 0 amide bonds. The summed E-state index contributed by atoms with van der Waals surface area (Å²) < 4.78 is 0. The van der Waals surface area contributed by atoms with Gasteiger partial charge in [0.1, 0.15) is 5.92 Å². The number of aliphatic carboxylic acids is 5. The largest absolute Gasteiger partial charge is 0.481 e. The second-order valence-corrected chi connectivity index (χ2v) is 3.57. The van der Waals surface area contributed by atoms with Crippen LogP contribution in [0.3, 0.4) is 0 Å². The summed E-state index contributed by atoms with van der Waals surface area (Å²) in [5.41, 5.74) is -5.32. The van der Waals surface area contributed by atoms with Crippen LogP contribution in [0.5, 0.6) is 0 Å². The van der Waals surface area contributed by atoms with Gasteiger partial charge in [-0.3, -0.25) is 4.79 Å². The van der Waals surface area contributed by atoms with Gasteiger partial charge in [-0.15, -0.1) is 0 Å². The maximum atomic E-state index is 11.0. The molecule has 0 saturated heterocycles. The summed E-state index contributed by atoms with van der Waals surface area (Å²) in [6.07, 6.45) is 0. The Hall–Kier alpha value is -3.17. The molecular formula is C10H6O10. The lowest BCUT2D eigenvalue weighted by Crippen LogP contribution is -2.25. The van der Waals surface area contributed by atoms with Crippen molar-refractivity contribution in [1.29, 1.82) is 0 Å². The van der Waals surface area contributed by atoms with Gasteiger partial charge in [0.05, 0.1) is 22.3 Å². The van der Waals surface area contributed by atoms with Crippen molar-refractivity contribution in [2.75, 3.05) is 0 Å². The molecule has 1 aliphatic rings. The van der Waals surface area contributed by atoms with E-state index in [4.69, 9.17) is 25.5 Å². The van der Waals surface area contributed by atoms with Gasteiger partial charge in [-0.2, -0.15) is 0 Å². The molecule has 0 spiro atoms. The van der Waals surface area contributed by atoms with Crippen molar-refractivity contribution in [1.82, 2.24) is 0 Å². The monoisotopic (exact) mass is 286 g/mol. The Labute approximate surface area is 108 Å². The zero-order valence-electron chi connectivity index (χ0n) is 9.35. The van der Waals surface area contributed by atoms with E-state index in [1.54, 1.807) is 0 Å². The van der Waals surface area contributed by atoms with Gasteiger partial charge in [-0.1, -0.05) is 0 Å². The van der Waals surface area contributed by atoms with Crippen LogP contribution in [0.1, 0.15) is 0 Å². The second-order valence-electron chi connectivity index (χ2n) is 3.57. The van der Waals surface area contributed by atoms with Crippen molar-refractivity contribution in [3.63, 3.8) is 0 Å². The summed E-state index contributed by atoms with van der Waals surface area (Å²) in [6.45, 7) is 0. The number of hydrogen-bond donors (Lipinski definition) is 5. The molecule has 0 heterocycles. The molecule has 0 aromatic rings. The van der Waals surface area contributed by atoms with Crippen LogP contribution < -0.4 is 0 Å².